The Kier molecular flexibility index (Phi) is 6.78. The molecule has 3 rings (SSSR count). The average Bonchev–Trinajstić information content (AvgIpc) is 2.74. The minimum absolute atomic E-state index is 0.106. The number of hydrogen-bond donors (Lipinski definition) is 0. The number of amides is 2. The molecule has 0 saturated carbocycles. The molecule has 154 valence electrons. The maximum Gasteiger partial charge on any atom is 0.236 e. The largest absolute Gasteiger partial charge is 0.497 e. The maximum absolute atomic E-state index is 12.7. The molecule has 2 aliphatic heterocycles. The molecule has 0 radical (unpaired) electrons. The van der Waals surface area contributed by atoms with Crippen LogP contribution >= 0.6 is 0 Å². The first kappa shape index (κ1) is 20.5. The van der Waals surface area contributed by atoms with Crippen LogP contribution in [0.4, 0.5) is 5.69 Å². The quantitative estimate of drug-likeness (QED) is 0.757. The van der Waals surface area contributed by atoms with Gasteiger partial charge in [0.15, 0.2) is 0 Å². The lowest BCUT2D eigenvalue weighted by atomic mass is 9.95. The van der Waals surface area contributed by atoms with Gasteiger partial charge in [-0.25, -0.2) is 0 Å². The fourth-order valence-corrected chi connectivity index (χ4v) is 4.00. The van der Waals surface area contributed by atoms with Gasteiger partial charge in [0, 0.05) is 51.9 Å². The number of nitrogens with zero attached hydrogens (tertiary/aromatic N) is 4. The molecular weight excluding hydrogens is 356 g/mol. The van der Waals surface area contributed by atoms with Gasteiger partial charge >= 0.3 is 0 Å². The van der Waals surface area contributed by atoms with Crippen LogP contribution in [0.3, 0.4) is 0 Å². The lowest BCUT2D eigenvalue weighted by molar-refractivity contribution is -0.135. The molecule has 0 spiro atoms. The molecule has 1 aromatic carbocycles. The summed E-state index contributed by atoms with van der Waals surface area (Å²) in [6.45, 7) is 5.30. The van der Waals surface area contributed by atoms with Crippen molar-refractivity contribution in [3.05, 3.63) is 24.3 Å². The third-order valence-electron chi connectivity index (χ3n) is 5.81. The van der Waals surface area contributed by atoms with E-state index in [2.05, 4.69) is 21.9 Å². The number of ether oxygens (including phenoxy) is 1. The third-order valence-corrected chi connectivity index (χ3v) is 5.81. The van der Waals surface area contributed by atoms with E-state index in [0.717, 1.165) is 57.9 Å². The zero-order chi connectivity index (χ0) is 20.1. The van der Waals surface area contributed by atoms with E-state index < -0.39 is 0 Å². The minimum Gasteiger partial charge on any atom is -0.497 e. The molecule has 0 N–H and O–H groups in total. The van der Waals surface area contributed by atoms with Crippen molar-refractivity contribution in [3.8, 4) is 5.75 Å². The number of benzene rings is 1. The van der Waals surface area contributed by atoms with Crippen molar-refractivity contribution in [1.29, 1.82) is 0 Å². The summed E-state index contributed by atoms with van der Waals surface area (Å²) in [5.41, 5.74) is 1.17. The highest BCUT2D eigenvalue weighted by atomic mass is 16.5. The summed E-state index contributed by atoms with van der Waals surface area (Å²) in [5.74, 6) is 1.37. The molecule has 0 atom stereocenters. The van der Waals surface area contributed by atoms with Gasteiger partial charge in [0.05, 0.1) is 13.7 Å². The average molecular weight is 389 g/mol. The van der Waals surface area contributed by atoms with Gasteiger partial charge in [0.2, 0.25) is 11.8 Å². The van der Waals surface area contributed by atoms with Crippen LogP contribution < -0.4 is 9.64 Å². The van der Waals surface area contributed by atoms with Crippen molar-refractivity contribution in [2.24, 2.45) is 5.92 Å². The highest BCUT2D eigenvalue weighted by Gasteiger charge is 2.28. The molecule has 0 aliphatic carbocycles. The number of carbonyl (C=O) groups is 2. The Morgan fingerprint density at radius 3 is 2.14 bits per heavy atom. The Morgan fingerprint density at radius 2 is 1.61 bits per heavy atom. The molecular formula is C21H32N4O3. The summed E-state index contributed by atoms with van der Waals surface area (Å²) >= 11 is 0. The molecule has 0 aromatic heterocycles. The van der Waals surface area contributed by atoms with Gasteiger partial charge in [0.1, 0.15) is 5.75 Å². The van der Waals surface area contributed by atoms with E-state index in [1.54, 1.807) is 12.0 Å². The number of methoxy groups -OCH3 is 1. The van der Waals surface area contributed by atoms with Crippen molar-refractivity contribution >= 4 is 17.5 Å². The third kappa shape index (κ3) is 4.95. The molecule has 2 heterocycles. The second-order valence-corrected chi connectivity index (χ2v) is 7.85. The monoisotopic (exact) mass is 388 g/mol. The molecule has 7 heteroatoms. The molecule has 28 heavy (non-hydrogen) atoms. The van der Waals surface area contributed by atoms with Crippen LogP contribution in [-0.4, -0.2) is 93.5 Å². The number of anilines is 1. The number of carbonyl (C=O) groups excluding carboxylic acids is 2. The van der Waals surface area contributed by atoms with Crippen LogP contribution in [0, 0.1) is 5.92 Å². The Morgan fingerprint density at radius 1 is 1.00 bits per heavy atom. The smallest absolute Gasteiger partial charge is 0.236 e. The fraction of sp³-hybridized carbons (Fsp3) is 0.619. The molecule has 2 saturated heterocycles. The van der Waals surface area contributed by atoms with Crippen molar-refractivity contribution in [1.82, 2.24) is 14.7 Å². The van der Waals surface area contributed by atoms with E-state index >= 15 is 0 Å². The molecule has 0 unspecified atom stereocenters. The van der Waals surface area contributed by atoms with E-state index in [1.807, 2.05) is 31.1 Å². The number of hydrogen-bond acceptors (Lipinski definition) is 5. The van der Waals surface area contributed by atoms with Crippen molar-refractivity contribution in [2.45, 2.75) is 12.8 Å². The first-order valence-corrected chi connectivity index (χ1v) is 10.1. The zero-order valence-electron chi connectivity index (χ0n) is 17.3. The van der Waals surface area contributed by atoms with Gasteiger partial charge in [-0.05, 0) is 50.2 Å². The predicted molar refractivity (Wildman–Crippen MR) is 110 cm³/mol. The van der Waals surface area contributed by atoms with E-state index in [4.69, 9.17) is 4.74 Å². The van der Waals surface area contributed by atoms with Crippen molar-refractivity contribution < 1.29 is 14.3 Å². The second kappa shape index (κ2) is 9.28. The Bertz CT molecular complexity index is 661. The summed E-state index contributed by atoms with van der Waals surface area (Å²) in [4.78, 5) is 32.9. The lowest BCUT2D eigenvalue weighted by Crippen LogP contribution is -2.52. The summed E-state index contributed by atoms with van der Waals surface area (Å²) in [6.07, 6.45) is 1.69. The molecule has 7 nitrogen and oxygen atoms in total. The summed E-state index contributed by atoms with van der Waals surface area (Å²) in [7, 11) is 5.29. The Balaban J connectivity index is 1.42. The van der Waals surface area contributed by atoms with E-state index in [-0.39, 0.29) is 17.7 Å². The second-order valence-electron chi connectivity index (χ2n) is 7.85. The predicted octanol–water partition coefficient (Wildman–Crippen LogP) is 1.14. The maximum atomic E-state index is 12.7. The Hall–Kier alpha value is -2.28. The highest BCUT2D eigenvalue weighted by Crippen LogP contribution is 2.21. The van der Waals surface area contributed by atoms with Gasteiger partial charge in [-0.3, -0.25) is 14.5 Å². The standard InChI is InChI=1S/C21H32N4O3/c1-22(2)21(27)17-8-10-23(11-9-17)16-20(26)25-14-12-24(13-15-25)18-4-6-19(28-3)7-5-18/h4-7,17H,8-16H2,1-3H3. The zero-order valence-corrected chi connectivity index (χ0v) is 17.3. The van der Waals surface area contributed by atoms with E-state index in [1.165, 1.54) is 5.69 Å². The van der Waals surface area contributed by atoms with Crippen LogP contribution in [0.15, 0.2) is 24.3 Å². The number of piperazine rings is 1. The first-order valence-electron chi connectivity index (χ1n) is 10.1. The number of piperidine rings is 1. The first-order chi connectivity index (χ1) is 13.5. The molecule has 2 aliphatic rings. The number of likely N-dealkylation sites (tertiary alicyclic amines) is 1. The lowest BCUT2D eigenvalue weighted by Gasteiger charge is -2.38. The van der Waals surface area contributed by atoms with Crippen LogP contribution in [-0.2, 0) is 9.59 Å². The summed E-state index contributed by atoms with van der Waals surface area (Å²) in [6, 6.07) is 8.07. The van der Waals surface area contributed by atoms with Gasteiger partial charge in [-0.1, -0.05) is 0 Å². The van der Waals surface area contributed by atoms with Gasteiger partial charge < -0.3 is 19.4 Å². The van der Waals surface area contributed by atoms with Crippen LogP contribution in [0.25, 0.3) is 0 Å². The van der Waals surface area contributed by atoms with Gasteiger partial charge in [0.25, 0.3) is 0 Å². The van der Waals surface area contributed by atoms with E-state index in [0.29, 0.717) is 6.54 Å². The highest BCUT2D eigenvalue weighted by molar-refractivity contribution is 5.79. The topological polar surface area (TPSA) is 56.3 Å². The summed E-state index contributed by atoms with van der Waals surface area (Å²) in [5, 5.41) is 0. The minimum atomic E-state index is 0.106. The molecule has 2 fully saturated rings. The molecule has 0 bridgehead atoms. The summed E-state index contributed by atoms with van der Waals surface area (Å²) < 4.78 is 5.21. The SMILES string of the molecule is COc1ccc(N2CCN(C(=O)CN3CCC(C(=O)N(C)C)CC3)CC2)cc1. The van der Waals surface area contributed by atoms with Crippen molar-refractivity contribution in [2.75, 3.05) is 71.9 Å². The Labute approximate surface area is 167 Å². The van der Waals surface area contributed by atoms with Crippen LogP contribution in [0.1, 0.15) is 12.8 Å². The molecule has 2 amide bonds. The fourth-order valence-electron chi connectivity index (χ4n) is 4.00. The molecule has 1 aromatic rings. The number of rotatable bonds is 5. The van der Waals surface area contributed by atoms with Crippen LogP contribution in [0.2, 0.25) is 0 Å². The normalized spacial score (nSPS) is 18.8. The van der Waals surface area contributed by atoms with Gasteiger partial charge in [-0.2, -0.15) is 0 Å². The van der Waals surface area contributed by atoms with Crippen LogP contribution in [0.5, 0.6) is 5.75 Å². The van der Waals surface area contributed by atoms with Crippen molar-refractivity contribution in [3.63, 3.8) is 0 Å². The van der Waals surface area contributed by atoms with Gasteiger partial charge in [-0.15, -0.1) is 0 Å². The van der Waals surface area contributed by atoms with E-state index in [9.17, 15) is 9.59 Å².